The van der Waals surface area contributed by atoms with Crippen LogP contribution in [0.4, 0.5) is 0 Å². The molecule has 0 spiro atoms. The fourth-order valence-electron chi connectivity index (χ4n) is 4.10. The van der Waals surface area contributed by atoms with E-state index in [0.29, 0.717) is 69.7 Å². The van der Waals surface area contributed by atoms with Gasteiger partial charge in [-0.15, -0.1) is 0 Å². The molecule has 0 radical (unpaired) electrons. The summed E-state index contributed by atoms with van der Waals surface area (Å²) in [5.74, 6) is 0.423. The Morgan fingerprint density at radius 1 is 0.703 bits per heavy atom. The highest BCUT2D eigenvalue weighted by Gasteiger charge is 2.14. The molecule has 0 atom stereocenters. The average molecular weight is 505 g/mol. The van der Waals surface area contributed by atoms with Crippen LogP contribution >= 0.6 is 0 Å². The Morgan fingerprint density at radius 2 is 1.27 bits per heavy atom. The Kier molecular flexibility index (Phi) is 11.0. The molecule has 3 aromatic rings. The highest BCUT2D eigenvalue weighted by Crippen LogP contribution is 2.38. The van der Waals surface area contributed by atoms with Crippen LogP contribution < -0.4 is 4.74 Å². The predicted molar refractivity (Wildman–Crippen MR) is 143 cm³/mol. The lowest BCUT2D eigenvalue weighted by Crippen LogP contribution is -2.04. The van der Waals surface area contributed by atoms with Crippen LogP contribution in [0.3, 0.4) is 0 Å². The van der Waals surface area contributed by atoms with Crippen molar-refractivity contribution >= 4 is 11.9 Å². The number of carbonyl (C=O) groups is 2. The molecule has 3 rings (SSSR count). The van der Waals surface area contributed by atoms with Gasteiger partial charge in [-0.1, -0.05) is 42.5 Å². The van der Waals surface area contributed by atoms with Gasteiger partial charge in [-0.3, -0.25) is 9.59 Å². The first kappa shape index (κ1) is 27.8. The molecule has 196 valence electrons. The summed E-state index contributed by atoms with van der Waals surface area (Å²) >= 11 is 0. The molecule has 37 heavy (non-hydrogen) atoms. The third-order valence-corrected chi connectivity index (χ3v) is 5.94. The summed E-state index contributed by atoms with van der Waals surface area (Å²) in [6.07, 6.45) is 3.43. The SMILES string of the molecule is CCOC(=O)CCCc1ccc(O)c(-c2cc(CCCC(=O)OCC)ccc2OCc2ccccc2)c1. The largest absolute Gasteiger partial charge is 0.507 e. The molecule has 0 amide bonds. The maximum Gasteiger partial charge on any atom is 0.305 e. The van der Waals surface area contributed by atoms with E-state index in [1.807, 2.05) is 60.7 Å². The van der Waals surface area contributed by atoms with Crippen molar-refractivity contribution in [1.29, 1.82) is 0 Å². The van der Waals surface area contributed by atoms with Crippen molar-refractivity contribution in [3.05, 3.63) is 83.4 Å². The normalized spacial score (nSPS) is 10.6. The Bertz CT molecular complexity index is 1160. The molecular formula is C31H36O6. The summed E-state index contributed by atoms with van der Waals surface area (Å²) in [5, 5.41) is 10.8. The van der Waals surface area contributed by atoms with Gasteiger partial charge < -0.3 is 19.3 Å². The van der Waals surface area contributed by atoms with Gasteiger partial charge in [-0.05, 0) is 80.5 Å². The first-order valence-electron chi connectivity index (χ1n) is 12.9. The smallest absolute Gasteiger partial charge is 0.305 e. The van der Waals surface area contributed by atoms with E-state index in [-0.39, 0.29) is 17.7 Å². The lowest BCUT2D eigenvalue weighted by atomic mass is 9.96. The van der Waals surface area contributed by atoms with Crippen molar-refractivity contribution in [2.45, 2.75) is 59.0 Å². The standard InChI is InChI=1S/C31H36O6/c1-3-35-30(33)14-8-12-23-16-18-28(32)26(20-23)27-21-24(13-9-15-31(34)36-4-2)17-19-29(27)37-22-25-10-6-5-7-11-25/h5-7,10-11,16-21,32H,3-4,8-9,12-15,22H2,1-2H3. The summed E-state index contributed by atoms with van der Waals surface area (Å²) in [4.78, 5) is 23.4. The number of aryl methyl sites for hydroxylation is 2. The molecular weight excluding hydrogens is 468 g/mol. The molecule has 0 bridgehead atoms. The van der Waals surface area contributed by atoms with Crippen LogP contribution in [0.1, 0.15) is 56.2 Å². The van der Waals surface area contributed by atoms with Crippen LogP contribution in [0, 0.1) is 0 Å². The van der Waals surface area contributed by atoms with E-state index in [2.05, 4.69) is 0 Å². The number of rotatable bonds is 14. The summed E-state index contributed by atoms with van der Waals surface area (Å²) < 4.78 is 16.2. The monoisotopic (exact) mass is 504 g/mol. The van der Waals surface area contributed by atoms with E-state index >= 15 is 0 Å². The highest BCUT2D eigenvalue weighted by atomic mass is 16.5. The zero-order valence-corrected chi connectivity index (χ0v) is 21.7. The van der Waals surface area contributed by atoms with E-state index in [0.717, 1.165) is 22.3 Å². The molecule has 0 heterocycles. The maximum absolute atomic E-state index is 11.7. The van der Waals surface area contributed by atoms with Gasteiger partial charge >= 0.3 is 11.9 Å². The van der Waals surface area contributed by atoms with Crippen molar-refractivity contribution in [1.82, 2.24) is 0 Å². The minimum absolute atomic E-state index is 0.155. The van der Waals surface area contributed by atoms with Gasteiger partial charge in [0, 0.05) is 24.0 Å². The first-order chi connectivity index (χ1) is 18.0. The van der Waals surface area contributed by atoms with Gasteiger partial charge in [0.05, 0.1) is 13.2 Å². The van der Waals surface area contributed by atoms with Gasteiger partial charge in [-0.2, -0.15) is 0 Å². The molecule has 0 unspecified atom stereocenters. The van der Waals surface area contributed by atoms with Gasteiger partial charge in [0.2, 0.25) is 0 Å². The third kappa shape index (κ3) is 8.98. The molecule has 3 aromatic carbocycles. The second kappa shape index (κ2) is 14.7. The molecule has 0 aliphatic heterocycles. The number of hydrogen-bond donors (Lipinski definition) is 1. The predicted octanol–water partition coefficient (Wildman–Crippen LogP) is 6.41. The number of phenolic OH excluding ortho intramolecular Hbond substituents is 1. The van der Waals surface area contributed by atoms with E-state index in [1.54, 1.807) is 19.9 Å². The molecule has 6 nitrogen and oxygen atoms in total. The van der Waals surface area contributed by atoms with Crippen molar-refractivity contribution < 1.29 is 28.9 Å². The summed E-state index contributed by atoms with van der Waals surface area (Å²) in [7, 11) is 0. The maximum atomic E-state index is 11.7. The van der Waals surface area contributed by atoms with E-state index in [1.165, 1.54) is 0 Å². The van der Waals surface area contributed by atoms with Crippen LogP contribution in [0.25, 0.3) is 11.1 Å². The van der Waals surface area contributed by atoms with E-state index in [9.17, 15) is 14.7 Å². The molecule has 6 heteroatoms. The van der Waals surface area contributed by atoms with E-state index < -0.39 is 0 Å². The van der Waals surface area contributed by atoms with Crippen molar-refractivity contribution in [3.63, 3.8) is 0 Å². The second-order valence-corrected chi connectivity index (χ2v) is 8.77. The number of benzene rings is 3. The van der Waals surface area contributed by atoms with Gasteiger partial charge in [-0.25, -0.2) is 0 Å². The number of phenols is 1. The molecule has 1 N–H and O–H groups in total. The number of carbonyl (C=O) groups excluding carboxylic acids is 2. The topological polar surface area (TPSA) is 82.1 Å². The quantitative estimate of drug-likeness (QED) is 0.256. The van der Waals surface area contributed by atoms with Crippen LogP contribution in [0.2, 0.25) is 0 Å². The van der Waals surface area contributed by atoms with Crippen molar-refractivity contribution in [2.24, 2.45) is 0 Å². The van der Waals surface area contributed by atoms with Crippen LogP contribution in [-0.2, 0) is 38.5 Å². The number of hydrogen-bond acceptors (Lipinski definition) is 6. The lowest BCUT2D eigenvalue weighted by Gasteiger charge is -2.16. The number of esters is 2. The van der Waals surface area contributed by atoms with Gasteiger partial charge in [0.15, 0.2) is 0 Å². The molecule has 0 fully saturated rings. The molecule has 0 aromatic heterocycles. The van der Waals surface area contributed by atoms with Gasteiger partial charge in [0.1, 0.15) is 18.1 Å². The van der Waals surface area contributed by atoms with Crippen LogP contribution in [0.15, 0.2) is 66.7 Å². The second-order valence-electron chi connectivity index (χ2n) is 8.77. The zero-order chi connectivity index (χ0) is 26.5. The van der Waals surface area contributed by atoms with Crippen LogP contribution in [-0.4, -0.2) is 30.3 Å². The Balaban J connectivity index is 1.82. The Hall–Kier alpha value is -3.80. The summed E-state index contributed by atoms with van der Waals surface area (Å²) in [6.45, 7) is 4.76. The molecule has 0 aliphatic rings. The Labute approximate surface area is 219 Å². The molecule has 0 saturated carbocycles. The fraction of sp³-hybridized carbons (Fsp3) is 0.355. The highest BCUT2D eigenvalue weighted by molar-refractivity contribution is 5.77. The van der Waals surface area contributed by atoms with Crippen molar-refractivity contribution in [2.75, 3.05) is 13.2 Å². The zero-order valence-electron chi connectivity index (χ0n) is 21.7. The van der Waals surface area contributed by atoms with E-state index in [4.69, 9.17) is 14.2 Å². The minimum Gasteiger partial charge on any atom is -0.507 e. The third-order valence-electron chi connectivity index (χ3n) is 5.94. The minimum atomic E-state index is -0.200. The average Bonchev–Trinajstić information content (AvgIpc) is 2.90. The summed E-state index contributed by atoms with van der Waals surface area (Å²) in [5.41, 5.74) is 4.56. The lowest BCUT2D eigenvalue weighted by molar-refractivity contribution is -0.144. The molecule has 0 aliphatic carbocycles. The first-order valence-corrected chi connectivity index (χ1v) is 12.9. The van der Waals surface area contributed by atoms with Crippen molar-refractivity contribution in [3.8, 4) is 22.6 Å². The van der Waals surface area contributed by atoms with Crippen LogP contribution in [0.5, 0.6) is 11.5 Å². The van der Waals surface area contributed by atoms with Gasteiger partial charge in [0.25, 0.3) is 0 Å². The number of aromatic hydroxyl groups is 1. The fourth-order valence-corrected chi connectivity index (χ4v) is 4.10. The summed E-state index contributed by atoms with van der Waals surface area (Å²) in [6, 6.07) is 21.4. The molecule has 0 saturated heterocycles. The number of ether oxygens (including phenoxy) is 3. The Morgan fingerprint density at radius 3 is 1.86 bits per heavy atom.